The summed E-state index contributed by atoms with van der Waals surface area (Å²) >= 11 is 0. The maximum absolute atomic E-state index is 12.0. The van der Waals surface area contributed by atoms with Gasteiger partial charge in [-0.15, -0.1) is 0 Å². The van der Waals surface area contributed by atoms with Crippen LogP contribution in [0, 0.1) is 0 Å². The average Bonchev–Trinajstić information content (AvgIpc) is 2.55. The van der Waals surface area contributed by atoms with Crippen molar-refractivity contribution in [1.29, 1.82) is 0 Å². The first-order chi connectivity index (χ1) is 10.2. The number of carbonyl (C=O) groups is 1. The number of carbonyl (C=O) groups excluding carboxylic acids is 1. The highest BCUT2D eigenvalue weighted by Crippen LogP contribution is 2.14. The first-order valence-corrected chi connectivity index (χ1v) is 6.71. The van der Waals surface area contributed by atoms with Crippen molar-refractivity contribution in [1.82, 2.24) is 0 Å². The third kappa shape index (κ3) is 4.21. The molecule has 0 saturated heterocycles. The largest absolute Gasteiger partial charge is 0.497 e. The molecule has 0 bridgehead atoms. The summed E-state index contributed by atoms with van der Waals surface area (Å²) in [6.45, 7) is 0. The molecule has 0 saturated carbocycles. The molecule has 2 rings (SSSR count). The van der Waals surface area contributed by atoms with E-state index in [1.54, 1.807) is 38.5 Å². The predicted molar refractivity (Wildman–Crippen MR) is 84.0 cm³/mol. The third-order valence-corrected chi connectivity index (χ3v) is 3.14. The third-order valence-electron chi connectivity index (χ3n) is 3.14. The van der Waals surface area contributed by atoms with E-state index in [0.29, 0.717) is 12.0 Å². The van der Waals surface area contributed by atoms with Gasteiger partial charge in [-0.05, 0) is 42.0 Å². The number of rotatable bonds is 6. The van der Waals surface area contributed by atoms with Gasteiger partial charge in [-0.3, -0.25) is 4.79 Å². The molecule has 0 amide bonds. The summed E-state index contributed by atoms with van der Waals surface area (Å²) in [6, 6.07) is 14.8. The van der Waals surface area contributed by atoms with Crippen molar-refractivity contribution in [2.75, 3.05) is 14.2 Å². The monoisotopic (exact) mass is 282 g/mol. The molecule has 3 nitrogen and oxygen atoms in total. The molecular formula is C18H18O3. The van der Waals surface area contributed by atoms with Crippen LogP contribution >= 0.6 is 0 Å². The van der Waals surface area contributed by atoms with E-state index in [1.807, 2.05) is 36.4 Å². The van der Waals surface area contributed by atoms with E-state index in [0.717, 1.165) is 17.1 Å². The van der Waals surface area contributed by atoms with Gasteiger partial charge in [-0.2, -0.15) is 0 Å². The summed E-state index contributed by atoms with van der Waals surface area (Å²) in [6.07, 6.45) is 4.17. The molecule has 0 spiro atoms. The second kappa shape index (κ2) is 7.29. The molecule has 0 heterocycles. The van der Waals surface area contributed by atoms with Crippen molar-refractivity contribution < 1.29 is 14.3 Å². The zero-order chi connectivity index (χ0) is 15.1. The first-order valence-electron chi connectivity index (χ1n) is 6.71. The van der Waals surface area contributed by atoms with E-state index < -0.39 is 0 Å². The fraction of sp³-hybridized carbons (Fsp3) is 0.167. The molecule has 0 aliphatic rings. The van der Waals surface area contributed by atoms with Crippen molar-refractivity contribution in [3.63, 3.8) is 0 Å². The van der Waals surface area contributed by atoms with E-state index in [9.17, 15) is 4.79 Å². The Morgan fingerprint density at radius 1 is 0.905 bits per heavy atom. The fourth-order valence-electron chi connectivity index (χ4n) is 1.91. The average molecular weight is 282 g/mol. The Kier molecular flexibility index (Phi) is 5.16. The minimum atomic E-state index is 0.0856. The summed E-state index contributed by atoms with van der Waals surface area (Å²) in [7, 11) is 3.24. The molecule has 0 N–H and O–H groups in total. The zero-order valence-corrected chi connectivity index (χ0v) is 12.2. The van der Waals surface area contributed by atoms with Gasteiger partial charge in [0, 0.05) is 12.0 Å². The van der Waals surface area contributed by atoms with Crippen molar-refractivity contribution in [2.45, 2.75) is 6.42 Å². The van der Waals surface area contributed by atoms with E-state index in [1.165, 1.54) is 0 Å². The van der Waals surface area contributed by atoms with Crippen LogP contribution in [0.25, 0.3) is 6.08 Å². The molecule has 21 heavy (non-hydrogen) atoms. The Hall–Kier alpha value is -2.55. The van der Waals surface area contributed by atoms with Gasteiger partial charge in [0.1, 0.15) is 11.5 Å². The highest BCUT2D eigenvalue weighted by molar-refractivity contribution is 5.97. The molecule has 0 aliphatic heterocycles. The molecule has 108 valence electrons. The SMILES string of the molecule is COc1ccc(/C=C/CC(=O)c2ccc(OC)cc2)cc1. The molecule has 0 aliphatic carbocycles. The number of Topliss-reactive ketones (excluding diaryl/α,β-unsaturated/α-hetero) is 1. The summed E-state index contributed by atoms with van der Waals surface area (Å²) in [4.78, 5) is 12.0. The van der Waals surface area contributed by atoms with Gasteiger partial charge in [0.25, 0.3) is 0 Å². The van der Waals surface area contributed by atoms with Crippen LogP contribution in [-0.2, 0) is 0 Å². The summed E-state index contributed by atoms with van der Waals surface area (Å²) in [5, 5.41) is 0. The predicted octanol–water partition coefficient (Wildman–Crippen LogP) is 3.99. The van der Waals surface area contributed by atoms with E-state index in [2.05, 4.69) is 0 Å². The number of benzene rings is 2. The minimum Gasteiger partial charge on any atom is -0.497 e. The van der Waals surface area contributed by atoms with E-state index in [-0.39, 0.29) is 5.78 Å². The van der Waals surface area contributed by atoms with Gasteiger partial charge in [-0.25, -0.2) is 0 Å². The highest BCUT2D eigenvalue weighted by atomic mass is 16.5. The lowest BCUT2D eigenvalue weighted by Gasteiger charge is -2.01. The summed E-state index contributed by atoms with van der Waals surface area (Å²) in [5.74, 6) is 1.66. The Bertz CT molecular complexity index is 610. The standard InChI is InChI=1S/C18H18O3/c1-20-16-10-6-14(7-11-16)4-3-5-18(19)15-8-12-17(21-2)13-9-15/h3-4,6-13H,5H2,1-2H3/b4-3+. The van der Waals surface area contributed by atoms with Crippen LogP contribution in [0.4, 0.5) is 0 Å². The quantitative estimate of drug-likeness (QED) is 0.751. The van der Waals surface area contributed by atoms with Crippen molar-refractivity contribution >= 4 is 11.9 Å². The molecule has 0 radical (unpaired) electrons. The smallest absolute Gasteiger partial charge is 0.166 e. The Balaban J connectivity index is 1.94. The van der Waals surface area contributed by atoms with Crippen molar-refractivity contribution in [3.05, 3.63) is 65.7 Å². The molecular weight excluding hydrogens is 264 g/mol. The second-order valence-corrected chi connectivity index (χ2v) is 4.53. The Labute approximate surface area is 124 Å². The summed E-state index contributed by atoms with van der Waals surface area (Å²) in [5.41, 5.74) is 1.73. The number of methoxy groups -OCH3 is 2. The Morgan fingerprint density at radius 2 is 1.43 bits per heavy atom. The van der Waals surface area contributed by atoms with Crippen LogP contribution in [0.1, 0.15) is 22.3 Å². The normalized spacial score (nSPS) is 10.6. The van der Waals surface area contributed by atoms with Crippen molar-refractivity contribution in [2.24, 2.45) is 0 Å². The van der Waals surface area contributed by atoms with Crippen LogP contribution in [0.15, 0.2) is 54.6 Å². The lowest BCUT2D eigenvalue weighted by molar-refractivity contribution is 0.0996. The van der Waals surface area contributed by atoms with Gasteiger partial charge in [0.2, 0.25) is 0 Å². The fourth-order valence-corrected chi connectivity index (χ4v) is 1.91. The van der Waals surface area contributed by atoms with Crippen LogP contribution in [-0.4, -0.2) is 20.0 Å². The van der Waals surface area contributed by atoms with E-state index in [4.69, 9.17) is 9.47 Å². The number of hydrogen-bond acceptors (Lipinski definition) is 3. The van der Waals surface area contributed by atoms with Crippen LogP contribution < -0.4 is 9.47 Å². The summed E-state index contributed by atoms with van der Waals surface area (Å²) < 4.78 is 10.2. The van der Waals surface area contributed by atoms with Crippen LogP contribution in [0.5, 0.6) is 11.5 Å². The topological polar surface area (TPSA) is 35.5 Å². The molecule has 3 heteroatoms. The minimum absolute atomic E-state index is 0.0856. The molecule has 0 fully saturated rings. The number of allylic oxidation sites excluding steroid dienone is 1. The second-order valence-electron chi connectivity index (χ2n) is 4.53. The van der Waals surface area contributed by atoms with Crippen molar-refractivity contribution in [3.8, 4) is 11.5 Å². The van der Waals surface area contributed by atoms with Gasteiger partial charge < -0.3 is 9.47 Å². The molecule has 2 aromatic rings. The van der Waals surface area contributed by atoms with Gasteiger partial charge in [0.15, 0.2) is 5.78 Å². The number of ketones is 1. The molecule has 0 aromatic heterocycles. The zero-order valence-electron chi connectivity index (χ0n) is 12.2. The molecule has 0 unspecified atom stereocenters. The molecule has 0 atom stereocenters. The maximum atomic E-state index is 12.0. The van der Waals surface area contributed by atoms with Crippen LogP contribution in [0.3, 0.4) is 0 Å². The van der Waals surface area contributed by atoms with Crippen LogP contribution in [0.2, 0.25) is 0 Å². The van der Waals surface area contributed by atoms with Gasteiger partial charge >= 0.3 is 0 Å². The van der Waals surface area contributed by atoms with Gasteiger partial charge in [-0.1, -0.05) is 24.3 Å². The first kappa shape index (κ1) is 14.9. The maximum Gasteiger partial charge on any atom is 0.166 e. The Morgan fingerprint density at radius 3 is 1.95 bits per heavy atom. The van der Waals surface area contributed by atoms with E-state index >= 15 is 0 Å². The van der Waals surface area contributed by atoms with Gasteiger partial charge in [0.05, 0.1) is 14.2 Å². The number of ether oxygens (including phenoxy) is 2. The lowest BCUT2D eigenvalue weighted by atomic mass is 10.1. The molecule has 2 aromatic carbocycles. The lowest BCUT2D eigenvalue weighted by Crippen LogP contribution is -1.96. The highest BCUT2D eigenvalue weighted by Gasteiger charge is 2.03. The number of hydrogen-bond donors (Lipinski definition) is 0.